The van der Waals surface area contributed by atoms with Crippen molar-refractivity contribution in [1.29, 1.82) is 0 Å². The molecule has 0 spiro atoms. The number of rotatable bonds is 5. The van der Waals surface area contributed by atoms with Crippen LogP contribution in [0.4, 0.5) is 8.78 Å². The van der Waals surface area contributed by atoms with Crippen LogP contribution >= 0.6 is 0 Å². The van der Waals surface area contributed by atoms with Gasteiger partial charge in [-0.3, -0.25) is 0 Å². The second kappa shape index (κ2) is 4.70. The highest BCUT2D eigenvalue weighted by atomic mass is 19.2. The topological polar surface area (TPSA) is 24.1 Å². The molecular formula is C13H18F2N2. The van der Waals surface area contributed by atoms with Gasteiger partial charge in [0.25, 0.3) is 0 Å². The summed E-state index contributed by atoms with van der Waals surface area (Å²) in [5.74, 6) is -1.56. The maximum absolute atomic E-state index is 13.3. The molecule has 1 saturated carbocycles. The Labute approximate surface area is 100 Å². The molecule has 94 valence electrons. The largest absolute Gasteiger partial charge is 0.319 e. The molecule has 0 heterocycles. The van der Waals surface area contributed by atoms with Crippen LogP contribution in [0.1, 0.15) is 24.4 Å². The summed E-state index contributed by atoms with van der Waals surface area (Å²) in [5.41, 5.74) is 0.965. The second-order valence-electron chi connectivity index (χ2n) is 4.79. The number of hydrogen-bond donors (Lipinski definition) is 2. The summed E-state index contributed by atoms with van der Waals surface area (Å²) in [7, 11) is 3.78. The highest BCUT2D eigenvalue weighted by Gasteiger charge is 2.48. The van der Waals surface area contributed by atoms with E-state index in [9.17, 15) is 8.78 Å². The van der Waals surface area contributed by atoms with Gasteiger partial charge < -0.3 is 10.6 Å². The van der Waals surface area contributed by atoms with Crippen LogP contribution in [-0.4, -0.2) is 20.6 Å². The first-order valence-electron chi connectivity index (χ1n) is 5.90. The predicted octanol–water partition coefficient (Wildman–Crippen LogP) is 2.22. The van der Waals surface area contributed by atoms with Crippen LogP contribution < -0.4 is 10.6 Å². The smallest absolute Gasteiger partial charge is 0.159 e. The van der Waals surface area contributed by atoms with E-state index in [2.05, 4.69) is 10.6 Å². The van der Waals surface area contributed by atoms with Crippen molar-refractivity contribution in [3.63, 3.8) is 0 Å². The molecule has 2 N–H and O–H groups in total. The molecule has 1 unspecified atom stereocenters. The molecule has 0 bridgehead atoms. The monoisotopic (exact) mass is 240 g/mol. The molecule has 1 aromatic carbocycles. The molecule has 4 heteroatoms. The maximum atomic E-state index is 13.3. The molecule has 1 aliphatic rings. The van der Waals surface area contributed by atoms with E-state index in [1.165, 1.54) is 12.1 Å². The van der Waals surface area contributed by atoms with Crippen molar-refractivity contribution in [2.24, 2.45) is 5.41 Å². The van der Waals surface area contributed by atoms with Crippen molar-refractivity contribution in [3.8, 4) is 0 Å². The summed E-state index contributed by atoms with van der Waals surface area (Å²) in [6.45, 7) is 0.886. The number of hydrogen-bond acceptors (Lipinski definition) is 2. The Balaban J connectivity index is 2.26. The molecule has 1 aliphatic carbocycles. The lowest BCUT2D eigenvalue weighted by Crippen LogP contribution is -2.33. The van der Waals surface area contributed by atoms with Crippen LogP contribution in [0.15, 0.2) is 18.2 Å². The van der Waals surface area contributed by atoms with E-state index < -0.39 is 11.6 Å². The van der Waals surface area contributed by atoms with Crippen LogP contribution in [0.25, 0.3) is 0 Å². The summed E-state index contributed by atoms with van der Waals surface area (Å²) < 4.78 is 26.2. The van der Waals surface area contributed by atoms with Crippen LogP contribution in [0, 0.1) is 17.0 Å². The predicted molar refractivity (Wildman–Crippen MR) is 63.8 cm³/mol. The summed E-state index contributed by atoms with van der Waals surface area (Å²) in [5, 5.41) is 6.40. The van der Waals surface area contributed by atoms with Gasteiger partial charge in [0.1, 0.15) is 0 Å². The Hall–Kier alpha value is -1.00. The molecular weight excluding hydrogens is 222 g/mol. The Kier molecular flexibility index (Phi) is 3.45. The van der Waals surface area contributed by atoms with Crippen molar-refractivity contribution >= 4 is 0 Å². The Morgan fingerprint density at radius 1 is 1.24 bits per heavy atom. The van der Waals surface area contributed by atoms with Crippen LogP contribution in [0.5, 0.6) is 0 Å². The quantitative estimate of drug-likeness (QED) is 0.824. The zero-order chi connectivity index (χ0) is 12.5. The van der Waals surface area contributed by atoms with Gasteiger partial charge in [-0.25, -0.2) is 8.78 Å². The van der Waals surface area contributed by atoms with E-state index in [0.29, 0.717) is 0 Å². The Bertz CT molecular complexity index is 402. The molecule has 17 heavy (non-hydrogen) atoms. The molecule has 2 nitrogen and oxygen atoms in total. The van der Waals surface area contributed by atoms with Crippen molar-refractivity contribution in [3.05, 3.63) is 35.4 Å². The molecule has 0 amide bonds. The van der Waals surface area contributed by atoms with Gasteiger partial charge in [0, 0.05) is 18.0 Å². The van der Waals surface area contributed by atoms with Crippen molar-refractivity contribution in [2.45, 2.75) is 18.9 Å². The standard InChI is InChI=1S/C13H18F2N2/c1-16-8-13(5-6-13)12(17-2)9-3-4-10(14)11(15)7-9/h3-4,7,12,16-17H,5-6,8H2,1-2H3. The lowest BCUT2D eigenvalue weighted by atomic mass is 9.90. The van der Waals surface area contributed by atoms with Crippen molar-refractivity contribution in [2.75, 3.05) is 20.6 Å². The normalized spacial score (nSPS) is 19.1. The highest BCUT2D eigenvalue weighted by Crippen LogP contribution is 2.54. The van der Waals surface area contributed by atoms with Crippen LogP contribution in [0.3, 0.4) is 0 Å². The molecule has 1 aromatic rings. The van der Waals surface area contributed by atoms with Gasteiger partial charge in [-0.1, -0.05) is 6.07 Å². The summed E-state index contributed by atoms with van der Waals surface area (Å²) in [6.07, 6.45) is 2.22. The van der Waals surface area contributed by atoms with Gasteiger partial charge in [-0.05, 0) is 44.6 Å². The van der Waals surface area contributed by atoms with E-state index >= 15 is 0 Å². The SMILES string of the molecule is CNCC1(C(NC)c2ccc(F)c(F)c2)CC1. The first kappa shape index (κ1) is 12.5. The third-order valence-electron chi connectivity index (χ3n) is 3.60. The van der Waals surface area contributed by atoms with Crippen molar-refractivity contribution < 1.29 is 8.78 Å². The fourth-order valence-electron chi connectivity index (χ4n) is 2.60. The molecule has 0 aliphatic heterocycles. The maximum Gasteiger partial charge on any atom is 0.159 e. The van der Waals surface area contributed by atoms with Gasteiger partial charge in [-0.15, -0.1) is 0 Å². The molecule has 0 radical (unpaired) electrons. The zero-order valence-electron chi connectivity index (χ0n) is 10.2. The lowest BCUT2D eigenvalue weighted by molar-refractivity contribution is 0.345. The molecule has 1 fully saturated rings. The van der Waals surface area contributed by atoms with Crippen LogP contribution in [0.2, 0.25) is 0 Å². The van der Waals surface area contributed by atoms with Gasteiger partial charge >= 0.3 is 0 Å². The van der Waals surface area contributed by atoms with Gasteiger partial charge in [0.15, 0.2) is 11.6 Å². The van der Waals surface area contributed by atoms with E-state index in [-0.39, 0.29) is 11.5 Å². The summed E-state index contributed by atoms with van der Waals surface area (Å²) in [4.78, 5) is 0. The minimum Gasteiger partial charge on any atom is -0.319 e. The third-order valence-corrected chi connectivity index (χ3v) is 3.60. The van der Waals surface area contributed by atoms with Crippen molar-refractivity contribution in [1.82, 2.24) is 10.6 Å². The molecule has 0 saturated heterocycles. The summed E-state index contributed by atoms with van der Waals surface area (Å²) in [6, 6.07) is 4.23. The van der Waals surface area contributed by atoms with Gasteiger partial charge in [0.2, 0.25) is 0 Å². The summed E-state index contributed by atoms with van der Waals surface area (Å²) >= 11 is 0. The fraction of sp³-hybridized carbons (Fsp3) is 0.538. The molecule has 0 aromatic heterocycles. The van der Waals surface area contributed by atoms with E-state index in [0.717, 1.165) is 24.9 Å². The fourth-order valence-corrected chi connectivity index (χ4v) is 2.60. The zero-order valence-corrected chi connectivity index (χ0v) is 10.2. The Morgan fingerprint density at radius 2 is 1.94 bits per heavy atom. The average molecular weight is 240 g/mol. The average Bonchev–Trinajstić information content (AvgIpc) is 3.05. The lowest BCUT2D eigenvalue weighted by Gasteiger charge is -2.27. The third kappa shape index (κ3) is 2.33. The minimum absolute atomic E-state index is 0.0741. The van der Waals surface area contributed by atoms with Gasteiger partial charge in [-0.2, -0.15) is 0 Å². The van der Waals surface area contributed by atoms with E-state index in [1.807, 2.05) is 14.1 Å². The van der Waals surface area contributed by atoms with Gasteiger partial charge in [0.05, 0.1) is 0 Å². The molecule has 2 rings (SSSR count). The molecule has 1 atom stereocenters. The van der Waals surface area contributed by atoms with E-state index in [1.54, 1.807) is 6.07 Å². The Morgan fingerprint density at radius 3 is 2.41 bits per heavy atom. The first-order valence-corrected chi connectivity index (χ1v) is 5.90. The number of benzene rings is 1. The second-order valence-corrected chi connectivity index (χ2v) is 4.79. The number of halogens is 2. The minimum atomic E-state index is -0.790. The highest BCUT2D eigenvalue weighted by molar-refractivity contribution is 5.26. The number of nitrogens with one attached hydrogen (secondary N) is 2. The van der Waals surface area contributed by atoms with Crippen LogP contribution in [-0.2, 0) is 0 Å². The first-order chi connectivity index (χ1) is 8.13. The van der Waals surface area contributed by atoms with E-state index in [4.69, 9.17) is 0 Å².